The standard InChI is InChI=1S/C27H32ClN3O4/c1-18(2)16-29-24(32)23-17-35-27(31(23)26(34)22-10-5-4-7-19(22)3)11-13-30(14-12-27)25(33)20-8-6-9-21(28)15-20/h4-10,15,18,23H,11-14,16-17H2,1-3H3,(H,29,32)/t23-/m1/s1. The number of carbonyl (C=O) groups excluding carboxylic acids is 3. The summed E-state index contributed by atoms with van der Waals surface area (Å²) in [5.41, 5.74) is 0.982. The van der Waals surface area contributed by atoms with E-state index in [4.69, 9.17) is 16.3 Å². The Hall–Kier alpha value is -2.90. The van der Waals surface area contributed by atoms with E-state index in [9.17, 15) is 14.4 Å². The maximum atomic E-state index is 13.8. The van der Waals surface area contributed by atoms with Gasteiger partial charge in [0.1, 0.15) is 11.8 Å². The Kier molecular flexibility index (Phi) is 7.47. The minimum Gasteiger partial charge on any atom is -0.354 e. The Morgan fingerprint density at radius 1 is 1.09 bits per heavy atom. The van der Waals surface area contributed by atoms with Crippen molar-refractivity contribution in [3.05, 3.63) is 70.2 Å². The van der Waals surface area contributed by atoms with E-state index in [0.29, 0.717) is 48.6 Å². The van der Waals surface area contributed by atoms with Gasteiger partial charge >= 0.3 is 0 Å². The van der Waals surface area contributed by atoms with Crippen molar-refractivity contribution >= 4 is 29.3 Å². The van der Waals surface area contributed by atoms with Crippen LogP contribution in [0.15, 0.2) is 48.5 Å². The van der Waals surface area contributed by atoms with Gasteiger partial charge in [0, 0.05) is 48.6 Å². The molecule has 1 atom stereocenters. The third-order valence-electron chi connectivity index (χ3n) is 6.75. The van der Waals surface area contributed by atoms with E-state index in [2.05, 4.69) is 5.32 Å². The molecule has 4 rings (SSSR count). The smallest absolute Gasteiger partial charge is 0.257 e. The maximum Gasteiger partial charge on any atom is 0.257 e. The van der Waals surface area contributed by atoms with Gasteiger partial charge in [-0.1, -0.05) is 49.7 Å². The number of benzene rings is 2. The first-order valence-electron chi connectivity index (χ1n) is 12.1. The number of hydrogen-bond acceptors (Lipinski definition) is 4. The van der Waals surface area contributed by atoms with E-state index in [-0.39, 0.29) is 30.2 Å². The zero-order valence-corrected chi connectivity index (χ0v) is 21.2. The summed E-state index contributed by atoms with van der Waals surface area (Å²) in [6, 6.07) is 13.5. The zero-order valence-electron chi connectivity index (χ0n) is 20.4. The molecular formula is C27H32ClN3O4. The van der Waals surface area contributed by atoms with Crippen LogP contribution in [0.3, 0.4) is 0 Å². The molecule has 2 aliphatic heterocycles. The predicted molar refractivity (Wildman–Crippen MR) is 134 cm³/mol. The van der Waals surface area contributed by atoms with Gasteiger partial charge in [-0.3, -0.25) is 19.3 Å². The Labute approximate surface area is 211 Å². The molecule has 8 heteroatoms. The first-order chi connectivity index (χ1) is 16.7. The number of piperidine rings is 1. The second-order valence-corrected chi connectivity index (χ2v) is 10.1. The summed E-state index contributed by atoms with van der Waals surface area (Å²) in [5, 5.41) is 3.47. The van der Waals surface area contributed by atoms with Gasteiger partial charge in [-0.05, 0) is 42.7 Å². The molecule has 0 aliphatic carbocycles. The Bertz CT molecular complexity index is 1110. The van der Waals surface area contributed by atoms with Gasteiger partial charge in [-0.2, -0.15) is 0 Å². The molecule has 0 unspecified atom stereocenters. The predicted octanol–water partition coefficient (Wildman–Crippen LogP) is 3.89. The molecule has 186 valence electrons. The van der Waals surface area contributed by atoms with Crippen molar-refractivity contribution in [1.29, 1.82) is 0 Å². The number of halogens is 1. The lowest BCUT2D eigenvalue weighted by atomic mass is 9.95. The molecule has 0 radical (unpaired) electrons. The van der Waals surface area contributed by atoms with Crippen LogP contribution in [-0.4, -0.2) is 65.5 Å². The number of amides is 3. The second-order valence-electron chi connectivity index (χ2n) is 9.70. The van der Waals surface area contributed by atoms with Gasteiger partial charge in [0.05, 0.1) is 6.61 Å². The molecule has 0 bridgehead atoms. The normalized spacial score (nSPS) is 19.3. The Balaban J connectivity index is 1.58. The topological polar surface area (TPSA) is 79.0 Å². The lowest BCUT2D eigenvalue weighted by Gasteiger charge is -2.44. The molecule has 35 heavy (non-hydrogen) atoms. The summed E-state index contributed by atoms with van der Waals surface area (Å²) in [4.78, 5) is 43.4. The van der Waals surface area contributed by atoms with Crippen LogP contribution in [0.5, 0.6) is 0 Å². The van der Waals surface area contributed by atoms with Crippen LogP contribution in [-0.2, 0) is 9.53 Å². The molecule has 0 aromatic heterocycles. The second kappa shape index (κ2) is 10.4. The molecule has 2 saturated heterocycles. The largest absolute Gasteiger partial charge is 0.354 e. The fraction of sp³-hybridized carbons (Fsp3) is 0.444. The number of nitrogens with zero attached hydrogens (tertiary/aromatic N) is 2. The molecular weight excluding hydrogens is 466 g/mol. The van der Waals surface area contributed by atoms with Crippen LogP contribution < -0.4 is 5.32 Å². The highest BCUT2D eigenvalue weighted by Crippen LogP contribution is 2.39. The van der Waals surface area contributed by atoms with E-state index < -0.39 is 11.8 Å². The highest BCUT2D eigenvalue weighted by atomic mass is 35.5. The van der Waals surface area contributed by atoms with Crippen molar-refractivity contribution in [3.63, 3.8) is 0 Å². The van der Waals surface area contributed by atoms with Gasteiger partial charge < -0.3 is 15.0 Å². The van der Waals surface area contributed by atoms with Crippen LogP contribution in [0, 0.1) is 12.8 Å². The van der Waals surface area contributed by atoms with E-state index in [1.54, 1.807) is 40.1 Å². The van der Waals surface area contributed by atoms with Gasteiger partial charge in [0.2, 0.25) is 5.91 Å². The average molecular weight is 498 g/mol. The van der Waals surface area contributed by atoms with Gasteiger partial charge in [-0.15, -0.1) is 0 Å². The Morgan fingerprint density at radius 2 is 1.80 bits per heavy atom. The number of rotatable bonds is 5. The molecule has 2 aliphatic rings. The monoisotopic (exact) mass is 497 g/mol. The fourth-order valence-corrected chi connectivity index (χ4v) is 4.99. The minimum atomic E-state index is -0.940. The highest BCUT2D eigenvalue weighted by molar-refractivity contribution is 6.30. The summed E-state index contributed by atoms with van der Waals surface area (Å²) < 4.78 is 6.26. The number of ether oxygens (including phenoxy) is 1. The lowest BCUT2D eigenvalue weighted by molar-refractivity contribution is -0.128. The molecule has 1 spiro atoms. The van der Waals surface area contributed by atoms with Crippen molar-refractivity contribution in [1.82, 2.24) is 15.1 Å². The number of hydrogen-bond donors (Lipinski definition) is 1. The van der Waals surface area contributed by atoms with Gasteiger partial charge in [0.15, 0.2) is 0 Å². The number of aryl methyl sites for hydroxylation is 1. The van der Waals surface area contributed by atoms with Crippen LogP contribution in [0.1, 0.15) is 53.0 Å². The van der Waals surface area contributed by atoms with Crippen LogP contribution >= 0.6 is 11.6 Å². The molecule has 7 nitrogen and oxygen atoms in total. The minimum absolute atomic E-state index is 0.108. The molecule has 2 fully saturated rings. The molecule has 1 N–H and O–H groups in total. The van der Waals surface area contributed by atoms with E-state index in [1.807, 2.05) is 39.0 Å². The first-order valence-corrected chi connectivity index (χ1v) is 12.5. The lowest BCUT2D eigenvalue weighted by Crippen LogP contribution is -2.60. The Morgan fingerprint density at radius 3 is 2.46 bits per heavy atom. The van der Waals surface area contributed by atoms with Crippen molar-refractivity contribution < 1.29 is 19.1 Å². The molecule has 2 heterocycles. The molecule has 2 aromatic rings. The summed E-state index contributed by atoms with van der Waals surface area (Å²) in [5.74, 6) is -0.255. The summed E-state index contributed by atoms with van der Waals surface area (Å²) in [6.07, 6.45) is 0.843. The number of likely N-dealkylation sites (tertiary alicyclic amines) is 1. The van der Waals surface area contributed by atoms with Crippen LogP contribution in [0.4, 0.5) is 0 Å². The summed E-state index contributed by atoms with van der Waals surface area (Å²) >= 11 is 6.07. The van der Waals surface area contributed by atoms with Crippen molar-refractivity contribution in [2.75, 3.05) is 26.2 Å². The third-order valence-corrected chi connectivity index (χ3v) is 6.98. The molecule has 2 aromatic carbocycles. The van der Waals surface area contributed by atoms with E-state index in [0.717, 1.165) is 5.56 Å². The van der Waals surface area contributed by atoms with Crippen molar-refractivity contribution in [2.24, 2.45) is 5.92 Å². The zero-order chi connectivity index (χ0) is 25.2. The number of nitrogens with one attached hydrogen (secondary N) is 1. The van der Waals surface area contributed by atoms with Crippen molar-refractivity contribution in [2.45, 2.75) is 45.4 Å². The van der Waals surface area contributed by atoms with Crippen LogP contribution in [0.2, 0.25) is 5.02 Å². The molecule has 3 amide bonds. The van der Waals surface area contributed by atoms with Gasteiger partial charge in [-0.25, -0.2) is 0 Å². The highest BCUT2D eigenvalue weighted by Gasteiger charge is 2.54. The summed E-state index contributed by atoms with van der Waals surface area (Å²) in [6.45, 7) is 7.40. The van der Waals surface area contributed by atoms with Gasteiger partial charge in [0.25, 0.3) is 11.8 Å². The number of carbonyl (C=O) groups is 3. The van der Waals surface area contributed by atoms with E-state index >= 15 is 0 Å². The maximum absolute atomic E-state index is 13.8. The first kappa shape index (κ1) is 25.2. The van der Waals surface area contributed by atoms with Crippen LogP contribution in [0.25, 0.3) is 0 Å². The van der Waals surface area contributed by atoms with E-state index in [1.165, 1.54) is 0 Å². The quantitative estimate of drug-likeness (QED) is 0.679. The SMILES string of the molecule is Cc1ccccc1C(=O)N1[C@@H](C(=O)NCC(C)C)COC12CCN(C(=O)c1cccc(Cl)c1)CC2. The average Bonchev–Trinajstić information content (AvgIpc) is 3.21. The fourth-order valence-electron chi connectivity index (χ4n) is 4.80. The summed E-state index contributed by atoms with van der Waals surface area (Å²) in [7, 11) is 0. The third kappa shape index (κ3) is 5.21. The van der Waals surface area contributed by atoms with Crippen molar-refractivity contribution in [3.8, 4) is 0 Å². The molecule has 0 saturated carbocycles.